The van der Waals surface area contributed by atoms with Crippen molar-refractivity contribution in [2.24, 2.45) is 5.73 Å². The second-order valence-electron chi connectivity index (χ2n) is 5.54. The van der Waals surface area contributed by atoms with Crippen molar-refractivity contribution >= 4 is 0 Å². The summed E-state index contributed by atoms with van der Waals surface area (Å²) in [6.07, 6.45) is 1.76. The average Bonchev–Trinajstić information content (AvgIpc) is 2.46. The van der Waals surface area contributed by atoms with Crippen molar-refractivity contribution in [2.45, 2.75) is 46.2 Å². The van der Waals surface area contributed by atoms with E-state index in [1.807, 2.05) is 12.1 Å². The Morgan fingerprint density at radius 1 is 1.14 bits per heavy atom. The van der Waals surface area contributed by atoms with Gasteiger partial charge in [-0.25, -0.2) is 0 Å². The molecule has 0 bridgehead atoms. The van der Waals surface area contributed by atoms with Crippen LogP contribution in [0.15, 0.2) is 18.2 Å². The summed E-state index contributed by atoms with van der Waals surface area (Å²) in [7, 11) is 1.67. The minimum atomic E-state index is -0.361. The number of ether oxygens (including phenoxy) is 2. The van der Waals surface area contributed by atoms with Gasteiger partial charge in [-0.1, -0.05) is 26.8 Å². The van der Waals surface area contributed by atoms with Crippen LogP contribution in [-0.2, 0) is 6.42 Å². The minimum Gasteiger partial charge on any atom is -0.493 e. The Morgan fingerprint density at radius 2 is 1.81 bits per heavy atom. The Morgan fingerprint density at radius 3 is 2.33 bits per heavy atom. The van der Waals surface area contributed by atoms with Gasteiger partial charge in [0.25, 0.3) is 0 Å². The number of hydrogen-bond donors (Lipinski definition) is 1. The lowest BCUT2D eigenvalue weighted by Gasteiger charge is -2.37. The van der Waals surface area contributed by atoms with Gasteiger partial charge >= 0.3 is 0 Å². The van der Waals surface area contributed by atoms with Gasteiger partial charge in [0.15, 0.2) is 11.5 Å². The minimum absolute atomic E-state index is 0.361. The first-order valence-corrected chi connectivity index (χ1v) is 7.82. The molecule has 1 aromatic carbocycles. The predicted octanol–water partition coefficient (Wildman–Crippen LogP) is 3.04. The highest BCUT2D eigenvalue weighted by Gasteiger charge is 2.25. The molecule has 0 fully saturated rings. The number of hydrogen-bond acceptors (Lipinski definition) is 4. The molecule has 21 heavy (non-hydrogen) atoms. The predicted molar refractivity (Wildman–Crippen MR) is 88.0 cm³/mol. The molecule has 0 radical (unpaired) electrons. The zero-order chi connectivity index (χ0) is 15.9. The summed E-state index contributed by atoms with van der Waals surface area (Å²) < 4.78 is 11.1. The fourth-order valence-electron chi connectivity index (χ4n) is 2.62. The summed E-state index contributed by atoms with van der Waals surface area (Å²) in [5.74, 6) is 1.57. The fourth-order valence-corrected chi connectivity index (χ4v) is 2.62. The van der Waals surface area contributed by atoms with Crippen molar-refractivity contribution in [2.75, 3.05) is 26.8 Å². The SMILES string of the molecule is CCCOc1ccc(CC(C)(N)N(CC)CC)cc1OC. The van der Waals surface area contributed by atoms with Crippen LogP contribution in [0.2, 0.25) is 0 Å². The molecule has 0 spiro atoms. The third-order valence-electron chi connectivity index (χ3n) is 3.74. The van der Waals surface area contributed by atoms with Crippen molar-refractivity contribution in [1.82, 2.24) is 4.90 Å². The zero-order valence-corrected chi connectivity index (χ0v) is 14.1. The topological polar surface area (TPSA) is 47.7 Å². The van der Waals surface area contributed by atoms with Gasteiger partial charge in [0.1, 0.15) is 0 Å². The maximum atomic E-state index is 6.48. The first-order valence-electron chi connectivity index (χ1n) is 7.82. The van der Waals surface area contributed by atoms with Gasteiger partial charge in [-0.2, -0.15) is 0 Å². The third-order valence-corrected chi connectivity index (χ3v) is 3.74. The van der Waals surface area contributed by atoms with Crippen LogP contribution in [0, 0.1) is 0 Å². The number of benzene rings is 1. The molecule has 120 valence electrons. The lowest BCUT2D eigenvalue weighted by Crippen LogP contribution is -2.55. The maximum Gasteiger partial charge on any atom is 0.161 e. The van der Waals surface area contributed by atoms with Gasteiger partial charge in [-0.3, -0.25) is 4.90 Å². The summed E-state index contributed by atoms with van der Waals surface area (Å²) in [5, 5.41) is 0. The maximum absolute atomic E-state index is 6.48. The molecule has 4 nitrogen and oxygen atoms in total. The molecule has 1 atom stereocenters. The second kappa shape index (κ2) is 8.25. The summed E-state index contributed by atoms with van der Waals surface area (Å²) in [6.45, 7) is 11.0. The molecule has 0 amide bonds. The lowest BCUT2D eigenvalue weighted by atomic mass is 10.00. The first-order chi connectivity index (χ1) is 9.98. The van der Waals surface area contributed by atoms with E-state index in [0.29, 0.717) is 6.61 Å². The van der Waals surface area contributed by atoms with E-state index in [1.54, 1.807) is 7.11 Å². The molecule has 0 aromatic heterocycles. The Labute approximate surface area is 129 Å². The molecule has 1 rings (SSSR count). The number of rotatable bonds is 9. The molecule has 1 aromatic rings. The quantitative estimate of drug-likeness (QED) is 0.711. The second-order valence-corrected chi connectivity index (χ2v) is 5.54. The average molecular weight is 294 g/mol. The highest BCUT2D eigenvalue weighted by molar-refractivity contribution is 5.43. The summed E-state index contributed by atoms with van der Waals surface area (Å²) >= 11 is 0. The van der Waals surface area contributed by atoms with Gasteiger partial charge in [0, 0.05) is 6.42 Å². The van der Waals surface area contributed by atoms with Crippen LogP contribution >= 0.6 is 0 Å². The molecule has 1 unspecified atom stereocenters. The van der Waals surface area contributed by atoms with E-state index < -0.39 is 0 Å². The van der Waals surface area contributed by atoms with Crippen LogP contribution in [-0.4, -0.2) is 37.4 Å². The molecule has 0 saturated carbocycles. The summed E-state index contributed by atoms with van der Waals surface area (Å²) in [4.78, 5) is 2.26. The van der Waals surface area contributed by atoms with E-state index in [9.17, 15) is 0 Å². The molecule has 0 aliphatic rings. The van der Waals surface area contributed by atoms with Crippen molar-refractivity contribution in [1.29, 1.82) is 0 Å². The van der Waals surface area contributed by atoms with E-state index in [2.05, 4.69) is 38.7 Å². The van der Waals surface area contributed by atoms with E-state index in [1.165, 1.54) is 0 Å². The van der Waals surface area contributed by atoms with Crippen molar-refractivity contribution in [3.63, 3.8) is 0 Å². The molecular weight excluding hydrogens is 264 g/mol. The van der Waals surface area contributed by atoms with Crippen molar-refractivity contribution in [3.05, 3.63) is 23.8 Å². The molecule has 0 saturated heterocycles. The molecule has 0 heterocycles. The third kappa shape index (κ3) is 4.90. The monoisotopic (exact) mass is 294 g/mol. The molecule has 0 aliphatic carbocycles. The Hall–Kier alpha value is -1.26. The molecule has 4 heteroatoms. The fraction of sp³-hybridized carbons (Fsp3) is 0.647. The summed E-state index contributed by atoms with van der Waals surface area (Å²) in [5.41, 5.74) is 7.28. The summed E-state index contributed by atoms with van der Waals surface area (Å²) in [6, 6.07) is 6.07. The van der Waals surface area contributed by atoms with E-state index in [4.69, 9.17) is 15.2 Å². The zero-order valence-electron chi connectivity index (χ0n) is 14.1. The number of nitrogens with two attached hydrogens (primary N) is 1. The first kappa shape index (κ1) is 17.8. The highest BCUT2D eigenvalue weighted by atomic mass is 16.5. The van der Waals surface area contributed by atoms with Crippen LogP contribution in [0.4, 0.5) is 0 Å². The Kier molecular flexibility index (Phi) is 6.99. The number of nitrogens with zero attached hydrogens (tertiary/aromatic N) is 1. The Bertz CT molecular complexity index is 429. The molecule has 0 aliphatic heterocycles. The number of likely N-dealkylation sites (N-methyl/N-ethyl adjacent to an activating group) is 1. The number of methoxy groups -OCH3 is 1. The van der Waals surface area contributed by atoms with Crippen LogP contribution in [0.5, 0.6) is 11.5 Å². The van der Waals surface area contributed by atoms with Gasteiger partial charge in [0.2, 0.25) is 0 Å². The van der Waals surface area contributed by atoms with Gasteiger partial charge in [0.05, 0.1) is 19.4 Å². The normalized spacial score (nSPS) is 14.0. The van der Waals surface area contributed by atoms with Crippen LogP contribution in [0.3, 0.4) is 0 Å². The molecular formula is C17H30N2O2. The Balaban J connectivity index is 2.89. The smallest absolute Gasteiger partial charge is 0.161 e. The van der Waals surface area contributed by atoms with Crippen LogP contribution < -0.4 is 15.2 Å². The van der Waals surface area contributed by atoms with Crippen molar-refractivity contribution in [3.8, 4) is 11.5 Å². The highest BCUT2D eigenvalue weighted by Crippen LogP contribution is 2.29. The molecule has 2 N–H and O–H groups in total. The largest absolute Gasteiger partial charge is 0.493 e. The lowest BCUT2D eigenvalue weighted by molar-refractivity contribution is 0.123. The van der Waals surface area contributed by atoms with Crippen LogP contribution in [0.1, 0.15) is 39.7 Å². The van der Waals surface area contributed by atoms with Gasteiger partial charge < -0.3 is 15.2 Å². The standard InChI is InChI=1S/C17H30N2O2/c1-6-11-21-15-10-9-14(12-16(15)20-5)13-17(4,18)19(7-2)8-3/h9-10,12H,6-8,11,13,18H2,1-5H3. The van der Waals surface area contributed by atoms with Gasteiger partial charge in [-0.05, 0) is 44.1 Å². The van der Waals surface area contributed by atoms with E-state index in [-0.39, 0.29) is 5.66 Å². The van der Waals surface area contributed by atoms with E-state index in [0.717, 1.165) is 43.0 Å². The van der Waals surface area contributed by atoms with E-state index >= 15 is 0 Å². The van der Waals surface area contributed by atoms with Gasteiger partial charge in [-0.15, -0.1) is 0 Å². The van der Waals surface area contributed by atoms with Crippen molar-refractivity contribution < 1.29 is 9.47 Å². The van der Waals surface area contributed by atoms with Crippen LogP contribution in [0.25, 0.3) is 0 Å².